The first-order valence-electron chi connectivity index (χ1n) is 6.59. The third-order valence-corrected chi connectivity index (χ3v) is 4.54. The average Bonchev–Trinajstić information content (AvgIpc) is 2.71. The van der Waals surface area contributed by atoms with Crippen LogP contribution in [0.15, 0.2) is 16.8 Å². The highest BCUT2D eigenvalue weighted by atomic mass is 32.1. The predicted octanol–water partition coefficient (Wildman–Crippen LogP) is 4.37. The van der Waals surface area contributed by atoms with Gasteiger partial charge in [0, 0.05) is 6.04 Å². The van der Waals surface area contributed by atoms with Gasteiger partial charge >= 0.3 is 0 Å². The second-order valence-electron chi connectivity index (χ2n) is 4.99. The summed E-state index contributed by atoms with van der Waals surface area (Å²) in [7, 11) is 2.10. The molecule has 1 aromatic heterocycles. The molecule has 2 heteroatoms. The van der Waals surface area contributed by atoms with Crippen molar-refractivity contribution >= 4 is 11.3 Å². The minimum atomic E-state index is 0.578. The normalized spacial score (nSPS) is 20.6. The van der Waals surface area contributed by atoms with E-state index in [1.54, 1.807) is 0 Å². The van der Waals surface area contributed by atoms with Gasteiger partial charge in [-0.05, 0) is 41.8 Å². The largest absolute Gasteiger partial charge is 0.313 e. The molecule has 0 aliphatic heterocycles. The van der Waals surface area contributed by atoms with Crippen LogP contribution in [0, 0.1) is 5.92 Å². The fraction of sp³-hybridized carbons (Fsp3) is 0.714. The van der Waals surface area contributed by atoms with E-state index in [9.17, 15) is 0 Å². The summed E-state index contributed by atoms with van der Waals surface area (Å²) >= 11 is 1.81. The van der Waals surface area contributed by atoms with Crippen LogP contribution in [0.5, 0.6) is 0 Å². The molecule has 2 rings (SSSR count). The summed E-state index contributed by atoms with van der Waals surface area (Å²) in [5.41, 5.74) is 1.48. The van der Waals surface area contributed by atoms with Gasteiger partial charge in [0.2, 0.25) is 0 Å². The van der Waals surface area contributed by atoms with Gasteiger partial charge in [-0.1, -0.05) is 38.5 Å². The second kappa shape index (κ2) is 6.41. The van der Waals surface area contributed by atoms with Gasteiger partial charge in [0.25, 0.3) is 0 Å². The highest BCUT2D eigenvalue weighted by Gasteiger charge is 2.18. The molecule has 0 aromatic carbocycles. The van der Waals surface area contributed by atoms with E-state index in [0.717, 1.165) is 5.92 Å². The lowest BCUT2D eigenvalue weighted by Crippen LogP contribution is -2.19. The monoisotopic (exact) mass is 237 g/mol. The zero-order valence-electron chi connectivity index (χ0n) is 10.2. The summed E-state index contributed by atoms with van der Waals surface area (Å²) in [5.74, 6) is 0.944. The summed E-state index contributed by atoms with van der Waals surface area (Å²) in [5, 5.41) is 7.96. The van der Waals surface area contributed by atoms with E-state index in [4.69, 9.17) is 0 Å². The van der Waals surface area contributed by atoms with E-state index < -0.39 is 0 Å². The van der Waals surface area contributed by atoms with E-state index in [-0.39, 0.29) is 0 Å². The molecule has 0 amide bonds. The van der Waals surface area contributed by atoms with Gasteiger partial charge in [0.15, 0.2) is 0 Å². The Morgan fingerprint density at radius 3 is 2.62 bits per heavy atom. The van der Waals surface area contributed by atoms with Gasteiger partial charge in [-0.15, -0.1) is 0 Å². The van der Waals surface area contributed by atoms with Crippen LogP contribution in [0.2, 0.25) is 0 Å². The Kier molecular flexibility index (Phi) is 4.86. The first-order chi connectivity index (χ1) is 7.90. The quantitative estimate of drug-likeness (QED) is 0.767. The van der Waals surface area contributed by atoms with Crippen LogP contribution in [0.4, 0.5) is 0 Å². The van der Waals surface area contributed by atoms with Crippen LogP contribution in [0.25, 0.3) is 0 Å². The zero-order chi connectivity index (χ0) is 11.2. The Balaban J connectivity index is 1.90. The van der Waals surface area contributed by atoms with Gasteiger partial charge in [0.1, 0.15) is 0 Å². The van der Waals surface area contributed by atoms with Crippen LogP contribution in [-0.2, 0) is 0 Å². The van der Waals surface area contributed by atoms with Gasteiger partial charge in [-0.2, -0.15) is 11.3 Å². The molecule has 0 saturated heterocycles. The molecule has 1 N–H and O–H groups in total. The molecular weight excluding hydrogens is 214 g/mol. The maximum Gasteiger partial charge on any atom is 0.0328 e. The predicted molar refractivity (Wildman–Crippen MR) is 71.9 cm³/mol. The topological polar surface area (TPSA) is 12.0 Å². The first-order valence-corrected chi connectivity index (χ1v) is 7.54. The van der Waals surface area contributed by atoms with E-state index in [1.165, 1.54) is 50.5 Å². The van der Waals surface area contributed by atoms with E-state index in [0.29, 0.717) is 6.04 Å². The molecule has 1 atom stereocenters. The summed E-state index contributed by atoms with van der Waals surface area (Å²) in [4.78, 5) is 0. The lowest BCUT2D eigenvalue weighted by molar-refractivity contribution is 0.368. The van der Waals surface area contributed by atoms with Gasteiger partial charge < -0.3 is 5.32 Å². The van der Waals surface area contributed by atoms with Crippen molar-refractivity contribution in [2.75, 3.05) is 7.05 Å². The highest BCUT2D eigenvalue weighted by molar-refractivity contribution is 7.07. The highest BCUT2D eigenvalue weighted by Crippen LogP contribution is 2.31. The van der Waals surface area contributed by atoms with Crippen LogP contribution in [-0.4, -0.2) is 7.05 Å². The van der Waals surface area contributed by atoms with Crippen molar-refractivity contribution in [1.82, 2.24) is 5.32 Å². The lowest BCUT2D eigenvalue weighted by Gasteiger charge is -2.21. The fourth-order valence-electron chi connectivity index (χ4n) is 2.83. The summed E-state index contributed by atoms with van der Waals surface area (Å²) in [6, 6.07) is 2.84. The molecule has 1 nitrogen and oxygen atoms in total. The van der Waals surface area contributed by atoms with Gasteiger partial charge in [-0.3, -0.25) is 0 Å². The average molecular weight is 237 g/mol. The Labute approximate surface area is 103 Å². The summed E-state index contributed by atoms with van der Waals surface area (Å²) < 4.78 is 0. The van der Waals surface area contributed by atoms with E-state index >= 15 is 0 Å². The minimum absolute atomic E-state index is 0.578. The molecular formula is C14H23NS. The van der Waals surface area contributed by atoms with Crippen molar-refractivity contribution in [1.29, 1.82) is 0 Å². The van der Waals surface area contributed by atoms with Crippen LogP contribution in [0.1, 0.15) is 56.6 Å². The van der Waals surface area contributed by atoms with Crippen molar-refractivity contribution in [3.8, 4) is 0 Å². The van der Waals surface area contributed by atoms with Crippen LogP contribution in [0.3, 0.4) is 0 Å². The fourth-order valence-corrected chi connectivity index (χ4v) is 3.54. The zero-order valence-corrected chi connectivity index (χ0v) is 11.1. The number of nitrogens with one attached hydrogen (secondary N) is 1. The maximum absolute atomic E-state index is 3.48. The third-order valence-electron chi connectivity index (χ3n) is 3.84. The molecule has 0 spiro atoms. The number of rotatable bonds is 4. The van der Waals surface area contributed by atoms with Crippen molar-refractivity contribution in [3.63, 3.8) is 0 Å². The molecule has 0 radical (unpaired) electrons. The Hall–Kier alpha value is -0.340. The van der Waals surface area contributed by atoms with Crippen molar-refractivity contribution < 1.29 is 0 Å². The number of thiophene rings is 1. The van der Waals surface area contributed by atoms with Crippen molar-refractivity contribution in [3.05, 3.63) is 22.4 Å². The van der Waals surface area contributed by atoms with Crippen molar-refractivity contribution in [2.45, 2.75) is 51.0 Å². The van der Waals surface area contributed by atoms with Crippen LogP contribution >= 0.6 is 11.3 Å². The molecule has 1 fully saturated rings. The molecule has 1 unspecified atom stereocenters. The third kappa shape index (κ3) is 3.33. The Morgan fingerprint density at radius 1 is 1.31 bits per heavy atom. The summed E-state index contributed by atoms with van der Waals surface area (Å²) in [6.07, 6.45) is 10.0. The van der Waals surface area contributed by atoms with E-state index in [2.05, 4.69) is 29.2 Å². The van der Waals surface area contributed by atoms with Crippen molar-refractivity contribution in [2.24, 2.45) is 5.92 Å². The van der Waals surface area contributed by atoms with Crippen LogP contribution < -0.4 is 5.32 Å². The summed E-state index contributed by atoms with van der Waals surface area (Å²) in [6.45, 7) is 0. The minimum Gasteiger partial charge on any atom is -0.313 e. The molecule has 1 aliphatic carbocycles. The molecule has 0 bridgehead atoms. The smallest absolute Gasteiger partial charge is 0.0328 e. The molecule has 1 saturated carbocycles. The second-order valence-corrected chi connectivity index (χ2v) is 5.77. The van der Waals surface area contributed by atoms with Gasteiger partial charge in [0.05, 0.1) is 0 Å². The maximum atomic E-state index is 3.48. The van der Waals surface area contributed by atoms with Gasteiger partial charge in [-0.25, -0.2) is 0 Å². The first kappa shape index (κ1) is 12.1. The number of hydrogen-bond donors (Lipinski definition) is 1. The number of hydrogen-bond acceptors (Lipinski definition) is 2. The molecule has 90 valence electrons. The lowest BCUT2D eigenvalue weighted by atomic mass is 9.90. The van der Waals surface area contributed by atoms with E-state index in [1.807, 2.05) is 11.3 Å². The SMILES string of the molecule is CNC(CC1CCCCCC1)c1ccsc1. The standard InChI is InChI=1S/C14H23NS/c1-15-14(13-8-9-16-11-13)10-12-6-4-2-3-5-7-12/h8-9,11-12,14-15H,2-7,10H2,1H3. The Bertz CT molecular complexity index is 273. The molecule has 1 heterocycles. The Morgan fingerprint density at radius 2 is 2.06 bits per heavy atom. The molecule has 16 heavy (non-hydrogen) atoms. The molecule has 1 aliphatic rings. The molecule has 1 aromatic rings.